The van der Waals surface area contributed by atoms with E-state index >= 15 is 0 Å². The molecular formula is C13H11F3N2O. The van der Waals surface area contributed by atoms with Crippen molar-refractivity contribution in [3.8, 4) is 0 Å². The minimum absolute atomic E-state index is 0.0866. The van der Waals surface area contributed by atoms with E-state index in [1.807, 2.05) is 0 Å². The average Bonchev–Trinajstić information content (AvgIpc) is 2.80. The molecule has 0 unspecified atom stereocenters. The standard InChI is InChI=1S/C13H11F3N2O/c14-13(15,16)9-3-1-4-11(7-9)18-12(19)8-10-5-2-6-17-10/h1-7,17H,8H2,(H,18,19). The number of aromatic nitrogens is 1. The van der Waals surface area contributed by atoms with Crippen molar-refractivity contribution in [1.29, 1.82) is 0 Å². The summed E-state index contributed by atoms with van der Waals surface area (Å²) in [5, 5.41) is 2.43. The summed E-state index contributed by atoms with van der Waals surface area (Å²) in [7, 11) is 0. The molecule has 19 heavy (non-hydrogen) atoms. The Labute approximate surface area is 107 Å². The average molecular weight is 268 g/mol. The van der Waals surface area contributed by atoms with Crippen LogP contribution in [0.4, 0.5) is 18.9 Å². The second kappa shape index (κ2) is 5.17. The minimum Gasteiger partial charge on any atom is -0.365 e. The lowest BCUT2D eigenvalue weighted by Crippen LogP contribution is -2.15. The Morgan fingerprint density at radius 1 is 1.21 bits per heavy atom. The number of hydrogen-bond acceptors (Lipinski definition) is 1. The third kappa shape index (κ3) is 3.61. The first kappa shape index (κ1) is 13.2. The quantitative estimate of drug-likeness (QED) is 0.882. The Morgan fingerprint density at radius 2 is 2.00 bits per heavy atom. The smallest absolute Gasteiger partial charge is 0.365 e. The predicted octanol–water partition coefficient (Wildman–Crippen LogP) is 3.21. The van der Waals surface area contributed by atoms with Gasteiger partial charge in [-0.1, -0.05) is 6.07 Å². The minimum atomic E-state index is -4.42. The Balaban J connectivity index is 2.05. The number of alkyl halides is 3. The number of carbonyl (C=O) groups is 1. The highest BCUT2D eigenvalue weighted by molar-refractivity contribution is 5.92. The van der Waals surface area contributed by atoms with Gasteiger partial charge >= 0.3 is 6.18 Å². The highest BCUT2D eigenvalue weighted by Gasteiger charge is 2.30. The molecule has 2 rings (SSSR count). The zero-order chi connectivity index (χ0) is 13.9. The maximum absolute atomic E-state index is 12.5. The molecule has 0 bridgehead atoms. The van der Waals surface area contributed by atoms with Crippen molar-refractivity contribution in [3.05, 3.63) is 53.9 Å². The van der Waals surface area contributed by atoms with Gasteiger partial charge in [-0.25, -0.2) is 0 Å². The van der Waals surface area contributed by atoms with Crippen LogP contribution in [0.25, 0.3) is 0 Å². The molecule has 2 aromatic rings. The lowest BCUT2D eigenvalue weighted by molar-refractivity contribution is -0.137. The SMILES string of the molecule is O=C(Cc1ccc[nH]1)Nc1cccc(C(F)(F)F)c1. The Kier molecular flexibility index (Phi) is 3.59. The van der Waals surface area contributed by atoms with E-state index in [1.165, 1.54) is 12.1 Å². The van der Waals surface area contributed by atoms with Crippen molar-refractivity contribution >= 4 is 11.6 Å². The van der Waals surface area contributed by atoms with Gasteiger partial charge in [0.25, 0.3) is 0 Å². The zero-order valence-electron chi connectivity index (χ0n) is 9.79. The van der Waals surface area contributed by atoms with E-state index in [-0.39, 0.29) is 18.0 Å². The van der Waals surface area contributed by atoms with Crippen LogP contribution in [0.3, 0.4) is 0 Å². The van der Waals surface area contributed by atoms with E-state index in [1.54, 1.807) is 18.3 Å². The van der Waals surface area contributed by atoms with E-state index in [0.29, 0.717) is 5.69 Å². The third-order valence-corrected chi connectivity index (χ3v) is 2.49. The van der Waals surface area contributed by atoms with Gasteiger partial charge in [-0.2, -0.15) is 13.2 Å². The van der Waals surface area contributed by atoms with Gasteiger partial charge in [0.05, 0.1) is 12.0 Å². The van der Waals surface area contributed by atoms with Crippen LogP contribution >= 0.6 is 0 Å². The van der Waals surface area contributed by atoms with Gasteiger partial charge in [0, 0.05) is 17.6 Å². The molecule has 0 fully saturated rings. The molecule has 1 aromatic heterocycles. The fourth-order valence-corrected chi connectivity index (χ4v) is 1.63. The maximum Gasteiger partial charge on any atom is 0.416 e. The molecule has 0 atom stereocenters. The van der Waals surface area contributed by atoms with Crippen molar-refractivity contribution in [2.45, 2.75) is 12.6 Å². The number of aromatic amines is 1. The summed E-state index contributed by atoms with van der Waals surface area (Å²) in [6.45, 7) is 0. The number of benzene rings is 1. The Morgan fingerprint density at radius 3 is 2.63 bits per heavy atom. The van der Waals surface area contributed by atoms with Crippen LogP contribution in [-0.4, -0.2) is 10.9 Å². The number of rotatable bonds is 3. The number of halogens is 3. The summed E-state index contributed by atoms with van der Waals surface area (Å²) >= 11 is 0. The van der Waals surface area contributed by atoms with Crippen LogP contribution in [-0.2, 0) is 17.4 Å². The number of carbonyl (C=O) groups excluding carboxylic acids is 1. The molecule has 6 heteroatoms. The van der Waals surface area contributed by atoms with Gasteiger partial charge in [0.15, 0.2) is 0 Å². The number of anilines is 1. The molecule has 0 aliphatic rings. The molecule has 1 heterocycles. The number of hydrogen-bond donors (Lipinski definition) is 2. The fraction of sp³-hybridized carbons (Fsp3) is 0.154. The molecule has 2 N–H and O–H groups in total. The second-order valence-electron chi connectivity index (χ2n) is 4.00. The summed E-state index contributed by atoms with van der Waals surface area (Å²) in [5.41, 5.74) is 0.0426. The van der Waals surface area contributed by atoms with Crippen molar-refractivity contribution in [2.24, 2.45) is 0 Å². The molecule has 0 spiro atoms. The normalized spacial score (nSPS) is 11.3. The van der Waals surface area contributed by atoms with Gasteiger partial charge in [0.1, 0.15) is 0 Å². The largest absolute Gasteiger partial charge is 0.416 e. The highest BCUT2D eigenvalue weighted by atomic mass is 19.4. The highest BCUT2D eigenvalue weighted by Crippen LogP contribution is 2.30. The van der Waals surface area contributed by atoms with E-state index in [0.717, 1.165) is 12.1 Å². The molecule has 1 amide bonds. The van der Waals surface area contributed by atoms with Crippen LogP contribution in [0.2, 0.25) is 0 Å². The van der Waals surface area contributed by atoms with Crippen LogP contribution in [0.15, 0.2) is 42.6 Å². The molecule has 0 aliphatic carbocycles. The van der Waals surface area contributed by atoms with E-state index in [9.17, 15) is 18.0 Å². The molecule has 0 aliphatic heterocycles. The predicted molar refractivity (Wildman–Crippen MR) is 64.6 cm³/mol. The van der Waals surface area contributed by atoms with Crippen molar-refractivity contribution in [1.82, 2.24) is 4.98 Å². The Hall–Kier alpha value is -2.24. The number of nitrogens with one attached hydrogen (secondary N) is 2. The van der Waals surface area contributed by atoms with E-state index < -0.39 is 11.7 Å². The van der Waals surface area contributed by atoms with Crippen LogP contribution in [0.1, 0.15) is 11.3 Å². The second-order valence-corrected chi connectivity index (χ2v) is 4.00. The number of amides is 1. The van der Waals surface area contributed by atoms with Gasteiger partial charge < -0.3 is 10.3 Å². The van der Waals surface area contributed by atoms with Crippen molar-refractivity contribution in [2.75, 3.05) is 5.32 Å². The fourth-order valence-electron chi connectivity index (χ4n) is 1.63. The lowest BCUT2D eigenvalue weighted by atomic mass is 10.2. The molecular weight excluding hydrogens is 257 g/mol. The molecule has 0 saturated heterocycles. The monoisotopic (exact) mass is 268 g/mol. The summed E-state index contributed by atoms with van der Waals surface area (Å²) in [4.78, 5) is 14.5. The van der Waals surface area contributed by atoms with Gasteiger partial charge in [-0.15, -0.1) is 0 Å². The molecule has 0 saturated carbocycles. The van der Waals surface area contributed by atoms with Crippen molar-refractivity contribution < 1.29 is 18.0 Å². The first-order chi connectivity index (χ1) is 8.95. The first-order valence-electron chi connectivity index (χ1n) is 5.54. The first-order valence-corrected chi connectivity index (χ1v) is 5.54. The van der Waals surface area contributed by atoms with Crippen LogP contribution in [0, 0.1) is 0 Å². The van der Waals surface area contributed by atoms with Gasteiger partial charge in [-0.05, 0) is 30.3 Å². The summed E-state index contributed by atoms with van der Waals surface area (Å²) in [5.74, 6) is -0.373. The topological polar surface area (TPSA) is 44.9 Å². The molecule has 100 valence electrons. The summed E-state index contributed by atoms with van der Waals surface area (Å²) < 4.78 is 37.5. The summed E-state index contributed by atoms with van der Waals surface area (Å²) in [6.07, 6.45) is -2.66. The Bertz CT molecular complexity index is 562. The lowest BCUT2D eigenvalue weighted by Gasteiger charge is -2.09. The van der Waals surface area contributed by atoms with E-state index in [2.05, 4.69) is 10.3 Å². The maximum atomic E-state index is 12.5. The zero-order valence-corrected chi connectivity index (χ0v) is 9.79. The van der Waals surface area contributed by atoms with Gasteiger partial charge in [-0.3, -0.25) is 4.79 Å². The molecule has 1 aromatic carbocycles. The van der Waals surface area contributed by atoms with Crippen LogP contribution < -0.4 is 5.32 Å². The van der Waals surface area contributed by atoms with Crippen LogP contribution in [0.5, 0.6) is 0 Å². The van der Waals surface area contributed by atoms with Crippen molar-refractivity contribution in [3.63, 3.8) is 0 Å². The van der Waals surface area contributed by atoms with E-state index in [4.69, 9.17) is 0 Å². The third-order valence-electron chi connectivity index (χ3n) is 2.49. The molecule has 0 radical (unpaired) electrons. The molecule has 3 nitrogen and oxygen atoms in total. The van der Waals surface area contributed by atoms with Gasteiger partial charge in [0.2, 0.25) is 5.91 Å². The summed E-state index contributed by atoms with van der Waals surface area (Å²) in [6, 6.07) is 8.01. The number of H-pyrrole nitrogens is 1.